The first-order chi connectivity index (χ1) is 12.7. The van der Waals surface area contributed by atoms with E-state index in [2.05, 4.69) is 36.5 Å². The van der Waals surface area contributed by atoms with Crippen molar-refractivity contribution in [2.24, 2.45) is 0 Å². The van der Waals surface area contributed by atoms with E-state index in [9.17, 15) is 4.39 Å². The lowest BCUT2D eigenvalue weighted by atomic mass is 10.1. The van der Waals surface area contributed by atoms with Crippen molar-refractivity contribution in [3.8, 4) is 5.75 Å². The molecule has 26 heavy (non-hydrogen) atoms. The maximum atomic E-state index is 13.8. The SMILES string of the molecule is CCc1ccc(NCc2cc(Cl)ccc2OCc2ccccc2F)cc1. The number of benzene rings is 3. The van der Waals surface area contributed by atoms with Crippen LogP contribution in [0.3, 0.4) is 0 Å². The summed E-state index contributed by atoms with van der Waals surface area (Å²) >= 11 is 6.14. The lowest BCUT2D eigenvalue weighted by Crippen LogP contribution is -2.04. The van der Waals surface area contributed by atoms with Crippen LogP contribution >= 0.6 is 11.6 Å². The van der Waals surface area contributed by atoms with Crippen molar-refractivity contribution >= 4 is 17.3 Å². The highest BCUT2D eigenvalue weighted by atomic mass is 35.5. The predicted molar refractivity (Wildman–Crippen MR) is 105 cm³/mol. The van der Waals surface area contributed by atoms with Crippen LogP contribution in [0.15, 0.2) is 66.7 Å². The third-order valence-corrected chi connectivity index (χ3v) is 4.44. The summed E-state index contributed by atoms with van der Waals surface area (Å²) in [5.41, 5.74) is 3.78. The molecule has 3 aromatic carbocycles. The number of aryl methyl sites for hydroxylation is 1. The molecular formula is C22H21ClFNO. The summed E-state index contributed by atoms with van der Waals surface area (Å²) in [5, 5.41) is 4.02. The minimum atomic E-state index is -0.267. The average Bonchev–Trinajstić information content (AvgIpc) is 2.67. The van der Waals surface area contributed by atoms with Crippen LogP contribution in [-0.4, -0.2) is 0 Å². The quantitative estimate of drug-likeness (QED) is 0.532. The Bertz CT molecular complexity index is 864. The molecule has 3 rings (SSSR count). The monoisotopic (exact) mass is 369 g/mol. The van der Waals surface area contributed by atoms with Gasteiger partial charge in [0.2, 0.25) is 0 Å². The first-order valence-corrected chi connectivity index (χ1v) is 9.01. The lowest BCUT2D eigenvalue weighted by Gasteiger charge is -2.14. The van der Waals surface area contributed by atoms with E-state index in [1.54, 1.807) is 24.3 Å². The van der Waals surface area contributed by atoms with Gasteiger partial charge in [0.1, 0.15) is 18.2 Å². The number of anilines is 1. The van der Waals surface area contributed by atoms with Gasteiger partial charge in [0, 0.05) is 28.4 Å². The highest BCUT2D eigenvalue weighted by molar-refractivity contribution is 6.30. The molecule has 3 aromatic rings. The van der Waals surface area contributed by atoms with E-state index in [-0.39, 0.29) is 12.4 Å². The van der Waals surface area contributed by atoms with E-state index in [0.717, 1.165) is 17.7 Å². The molecule has 1 N–H and O–H groups in total. The van der Waals surface area contributed by atoms with E-state index in [0.29, 0.717) is 22.9 Å². The van der Waals surface area contributed by atoms with Crippen LogP contribution < -0.4 is 10.1 Å². The molecule has 0 saturated carbocycles. The molecule has 0 heterocycles. The van der Waals surface area contributed by atoms with Gasteiger partial charge in [0.05, 0.1) is 0 Å². The van der Waals surface area contributed by atoms with E-state index < -0.39 is 0 Å². The van der Waals surface area contributed by atoms with Crippen molar-refractivity contribution in [1.82, 2.24) is 0 Å². The summed E-state index contributed by atoms with van der Waals surface area (Å²) in [6.07, 6.45) is 1.02. The minimum Gasteiger partial charge on any atom is -0.488 e. The van der Waals surface area contributed by atoms with Gasteiger partial charge in [-0.25, -0.2) is 4.39 Å². The zero-order chi connectivity index (χ0) is 18.4. The van der Waals surface area contributed by atoms with Gasteiger partial charge in [-0.15, -0.1) is 0 Å². The molecule has 0 saturated heterocycles. The fourth-order valence-corrected chi connectivity index (χ4v) is 2.85. The van der Waals surface area contributed by atoms with Gasteiger partial charge in [-0.3, -0.25) is 0 Å². The predicted octanol–water partition coefficient (Wildman–Crippen LogP) is 6.23. The van der Waals surface area contributed by atoms with Gasteiger partial charge in [0.15, 0.2) is 0 Å². The zero-order valence-corrected chi connectivity index (χ0v) is 15.4. The molecular weight excluding hydrogens is 349 g/mol. The molecule has 0 atom stereocenters. The van der Waals surface area contributed by atoms with Crippen LogP contribution in [0.4, 0.5) is 10.1 Å². The second-order valence-electron chi connectivity index (χ2n) is 6.04. The van der Waals surface area contributed by atoms with Gasteiger partial charge in [-0.2, -0.15) is 0 Å². The molecule has 0 unspecified atom stereocenters. The summed E-state index contributed by atoms with van der Waals surface area (Å²) in [6, 6.07) is 20.4. The van der Waals surface area contributed by atoms with Crippen LogP contribution in [-0.2, 0) is 19.6 Å². The van der Waals surface area contributed by atoms with Crippen molar-refractivity contribution in [1.29, 1.82) is 0 Å². The van der Waals surface area contributed by atoms with Crippen molar-refractivity contribution in [2.45, 2.75) is 26.5 Å². The molecule has 0 radical (unpaired) electrons. The van der Waals surface area contributed by atoms with Crippen molar-refractivity contribution < 1.29 is 9.13 Å². The van der Waals surface area contributed by atoms with Gasteiger partial charge in [0.25, 0.3) is 0 Å². The maximum Gasteiger partial charge on any atom is 0.129 e. The summed E-state index contributed by atoms with van der Waals surface area (Å²) in [4.78, 5) is 0. The van der Waals surface area contributed by atoms with E-state index >= 15 is 0 Å². The molecule has 0 aliphatic heterocycles. The second-order valence-corrected chi connectivity index (χ2v) is 6.47. The number of nitrogens with one attached hydrogen (secondary N) is 1. The van der Waals surface area contributed by atoms with Crippen LogP contribution in [0, 0.1) is 5.82 Å². The molecule has 0 aliphatic carbocycles. The molecule has 4 heteroatoms. The van der Waals surface area contributed by atoms with Gasteiger partial charge >= 0.3 is 0 Å². The first-order valence-electron chi connectivity index (χ1n) is 8.63. The van der Waals surface area contributed by atoms with E-state index in [1.807, 2.05) is 12.1 Å². The Morgan fingerprint density at radius 3 is 2.46 bits per heavy atom. The summed E-state index contributed by atoms with van der Waals surface area (Å²) in [6.45, 7) is 2.87. The molecule has 0 aromatic heterocycles. The molecule has 134 valence electrons. The standard InChI is InChI=1S/C22H21ClFNO/c1-2-16-7-10-20(11-8-16)25-14-18-13-19(23)9-12-22(18)26-15-17-5-3-4-6-21(17)24/h3-13,25H,2,14-15H2,1H3. The lowest BCUT2D eigenvalue weighted by molar-refractivity contribution is 0.297. The second kappa shape index (κ2) is 8.72. The van der Waals surface area contributed by atoms with Crippen LogP contribution in [0.5, 0.6) is 5.75 Å². The third-order valence-electron chi connectivity index (χ3n) is 4.21. The number of hydrogen-bond donors (Lipinski definition) is 1. The van der Waals surface area contributed by atoms with Crippen molar-refractivity contribution in [3.05, 3.63) is 94.3 Å². The summed E-state index contributed by atoms with van der Waals surface area (Å²) in [5.74, 6) is 0.424. The van der Waals surface area contributed by atoms with Crippen molar-refractivity contribution in [3.63, 3.8) is 0 Å². The average molecular weight is 370 g/mol. The number of ether oxygens (including phenoxy) is 1. The molecule has 0 aliphatic rings. The molecule has 0 fully saturated rings. The first kappa shape index (κ1) is 18.3. The Hall–Kier alpha value is -2.52. The topological polar surface area (TPSA) is 21.3 Å². The molecule has 0 amide bonds. The number of halogens is 2. The third kappa shape index (κ3) is 4.77. The Labute approximate surface area is 158 Å². The Morgan fingerprint density at radius 2 is 1.73 bits per heavy atom. The Balaban J connectivity index is 1.70. The van der Waals surface area contributed by atoms with E-state index in [1.165, 1.54) is 11.6 Å². The Kier molecular flexibility index (Phi) is 6.13. The van der Waals surface area contributed by atoms with Gasteiger partial charge in [-0.05, 0) is 48.4 Å². The fraction of sp³-hybridized carbons (Fsp3) is 0.182. The minimum absolute atomic E-state index is 0.173. The van der Waals surface area contributed by atoms with Crippen LogP contribution in [0.1, 0.15) is 23.6 Å². The molecule has 0 bridgehead atoms. The molecule has 2 nitrogen and oxygen atoms in total. The highest BCUT2D eigenvalue weighted by Crippen LogP contribution is 2.25. The van der Waals surface area contributed by atoms with Gasteiger partial charge in [-0.1, -0.05) is 48.9 Å². The largest absolute Gasteiger partial charge is 0.488 e. The highest BCUT2D eigenvalue weighted by Gasteiger charge is 2.08. The van der Waals surface area contributed by atoms with Crippen molar-refractivity contribution in [2.75, 3.05) is 5.32 Å². The zero-order valence-electron chi connectivity index (χ0n) is 14.6. The van der Waals surface area contributed by atoms with E-state index in [4.69, 9.17) is 16.3 Å². The summed E-state index contributed by atoms with van der Waals surface area (Å²) < 4.78 is 19.6. The van der Waals surface area contributed by atoms with Crippen LogP contribution in [0.2, 0.25) is 5.02 Å². The number of hydrogen-bond acceptors (Lipinski definition) is 2. The Morgan fingerprint density at radius 1 is 0.962 bits per heavy atom. The smallest absolute Gasteiger partial charge is 0.129 e. The van der Waals surface area contributed by atoms with Gasteiger partial charge < -0.3 is 10.1 Å². The summed E-state index contributed by atoms with van der Waals surface area (Å²) in [7, 11) is 0. The number of rotatable bonds is 7. The fourth-order valence-electron chi connectivity index (χ4n) is 2.65. The van der Waals surface area contributed by atoms with Crippen LogP contribution in [0.25, 0.3) is 0 Å². The molecule has 0 spiro atoms. The maximum absolute atomic E-state index is 13.8. The normalized spacial score (nSPS) is 10.6.